The Hall–Kier alpha value is -1.51. The minimum absolute atomic E-state index is 0.474. The standard InChI is InChI=1S/C9H18O3.C8H10/c1-3-5-7-11-9(10)12-8-6-4-2;1-7-4-3-5-8(2)6-7/h3-8H2,1-2H3;3-6H,1-2H3. The van der Waals surface area contributed by atoms with Crippen LogP contribution >= 0.6 is 0 Å². The SMILES string of the molecule is CCCCOC(=O)OCCCC.Cc1cccc(C)c1. The largest absolute Gasteiger partial charge is 0.508 e. The van der Waals surface area contributed by atoms with Crippen LogP contribution in [0, 0.1) is 13.8 Å². The van der Waals surface area contributed by atoms with Gasteiger partial charge in [-0.25, -0.2) is 4.79 Å². The fourth-order valence-electron chi connectivity index (χ4n) is 1.45. The summed E-state index contributed by atoms with van der Waals surface area (Å²) >= 11 is 0. The van der Waals surface area contributed by atoms with E-state index in [0.717, 1.165) is 25.7 Å². The van der Waals surface area contributed by atoms with Gasteiger partial charge in [0.15, 0.2) is 0 Å². The molecule has 0 radical (unpaired) electrons. The van der Waals surface area contributed by atoms with Crippen LogP contribution in [0.2, 0.25) is 0 Å². The molecule has 114 valence electrons. The van der Waals surface area contributed by atoms with Crippen molar-refractivity contribution in [1.82, 2.24) is 0 Å². The molecule has 0 atom stereocenters. The van der Waals surface area contributed by atoms with Crippen LogP contribution in [0.5, 0.6) is 0 Å². The molecule has 0 saturated heterocycles. The monoisotopic (exact) mass is 280 g/mol. The van der Waals surface area contributed by atoms with Crippen LogP contribution in [0.4, 0.5) is 4.79 Å². The van der Waals surface area contributed by atoms with Crippen molar-refractivity contribution < 1.29 is 14.3 Å². The maximum Gasteiger partial charge on any atom is 0.508 e. The molecule has 0 aliphatic rings. The Kier molecular flexibility index (Phi) is 11.6. The van der Waals surface area contributed by atoms with Gasteiger partial charge in [-0.2, -0.15) is 0 Å². The van der Waals surface area contributed by atoms with Crippen molar-refractivity contribution in [2.45, 2.75) is 53.4 Å². The van der Waals surface area contributed by atoms with Crippen LogP contribution in [0.1, 0.15) is 50.7 Å². The molecule has 0 unspecified atom stereocenters. The Morgan fingerprint density at radius 3 is 1.70 bits per heavy atom. The van der Waals surface area contributed by atoms with Crippen LogP contribution in [0.3, 0.4) is 0 Å². The second kappa shape index (κ2) is 12.5. The summed E-state index contributed by atoms with van der Waals surface area (Å²) in [5.41, 5.74) is 2.68. The van der Waals surface area contributed by atoms with E-state index in [-0.39, 0.29) is 0 Å². The number of unbranched alkanes of at least 4 members (excludes halogenated alkanes) is 2. The van der Waals surface area contributed by atoms with Crippen molar-refractivity contribution >= 4 is 6.16 Å². The van der Waals surface area contributed by atoms with Gasteiger partial charge in [-0.05, 0) is 26.7 Å². The van der Waals surface area contributed by atoms with E-state index < -0.39 is 6.16 Å². The minimum Gasteiger partial charge on any atom is -0.434 e. The molecule has 0 amide bonds. The first-order valence-corrected chi connectivity index (χ1v) is 7.43. The van der Waals surface area contributed by atoms with Crippen LogP contribution in [0.25, 0.3) is 0 Å². The van der Waals surface area contributed by atoms with Gasteiger partial charge in [0.1, 0.15) is 0 Å². The molecule has 0 heterocycles. The van der Waals surface area contributed by atoms with Gasteiger partial charge < -0.3 is 9.47 Å². The van der Waals surface area contributed by atoms with Crippen molar-refractivity contribution in [3.05, 3.63) is 35.4 Å². The number of benzene rings is 1. The summed E-state index contributed by atoms with van der Waals surface area (Å²) < 4.78 is 9.54. The van der Waals surface area contributed by atoms with Crippen molar-refractivity contribution in [3.63, 3.8) is 0 Å². The van der Waals surface area contributed by atoms with Gasteiger partial charge in [-0.3, -0.25) is 0 Å². The lowest BCUT2D eigenvalue weighted by Gasteiger charge is -2.04. The van der Waals surface area contributed by atoms with Crippen molar-refractivity contribution in [3.8, 4) is 0 Å². The van der Waals surface area contributed by atoms with Gasteiger partial charge in [0, 0.05) is 0 Å². The topological polar surface area (TPSA) is 35.5 Å². The number of carbonyl (C=O) groups excluding carboxylic acids is 1. The Morgan fingerprint density at radius 1 is 0.950 bits per heavy atom. The highest BCUT2D eigenvalue weighted by molar-refractivity contribution is 5.59. The van der Waals surface area contributed by atoms with Crippen molar-refractivity contribution in [1.29, 1.82) is 0 Å². The molecule has 0 aliphatic heterocycles. The third kappa shape index (κ3) is 11.6. The third-order valence-electron chi connectivity index (χ3n) is 2.61. The van der Waals surface area contributed by atoms with Gasteiger partial charge in [-0.1, -0.05) is 62.1 Å². The normalized spacial score (nSPS) is 9.40. The molecule has 1 aromatic rings. The zero-order valence-electron chi connectivity index (χ0n) is 13.3. The zero-order valence-corrected chi connectivity index (χ0v) is 13.3. The number of rotatable bonds is 6. The Bertz CT molecular complexity index is 332. The number of ether oxygens (including phenoxy) is 2. The van der Waals surface area contributed by atoms with E-state index in [1.54, 1.807) is 0 Å². The Morgan fingerprint density at radius 2 is 1.40 bits per heavy atom. The summed E-state index contributed by atoms with van der Waals surface area (Å²) in [4.78, 5) is 10.7. The first-order valence-electron chi connectivity index (χ1n) is 7.43. The highest BCUT2D eigenvalue weighted by Gasteiger charge is 2.00. The summed E-state index contributed by atoms with van der Waals surface area (Å²) in [6, 6.07) is 8.45. The van der Waals surface area contributed by atoms with E-state index >= 15 is 0 Å². The van der Waals surface area contributed by atoms with E-state index in [9.17, 15) is 4.79 Å². The van der Waals surface area contributed by atoms with Crippen LogP contribution < -0.4 is 0 Å². The number of hydrogen-bond donors (Lipinski definition) is 0. The molecule has 1 rings (SSSR count). The van der Waals surface area contributed by atoms with Crippen LogP contribution in [-0.2, 0) is 9.47 Å². The lowest BCUT2D eigenvalue weighted by atomic mass is 10.2. The molecule has 3 nitrogen and oxygen atoms in total. The van der Waals surface area contributed by atoms with Gasteiger partial charge in [0.2, 0.25) is 0 Å². The summed E-state index contributed by atoms with van der Waals surface area (Å²) in [5.74, 6) is 0. The average Bonchev–Trinajstić information content (AvgIpc) is 2.40. The molecule has 3 heteroatoms. The second-order valence-corrected chi connectivity index (χ2v) is 4.81. The first kappa shape index (κ1) is 18.5. The van der Waals surface area contributed by atoms with Crippen molar-refractivity contribution in [2.75, 3.05) is 13.2 Å². The molecule has 0 bridgehead atoms. The second-order valence-electron chi connectivity index (χ2n) is 4.81. The molecular weight excluding hydrogens is 252 g/mol. The molecule has 0 aromatic heterocycles. The molecule has 0 N–H and O–H groups in total. The number of aryl methyl sites for hydroxylation is 2. The van der Waals surface area contributed by atoms with Gasteiger partial charge in [0.05, 0.1) is 13.2 Å². The maximum absolute atomic E-state index is 10.7. The predicted molar refractivity (Wildman–Crippen MR) is 83.0 cm³/mol. The first-order chi connectivity index (χ1) is 9.60. The lowest BCUT2D eigenvalue weighted by molar-refractivity contribution is 0.0536. The molecule has 0 fully saturated rings. The van der Waals surface area contributed by atoms with E-state index in [4.69, 9.17) is 9.47 Å². The predicted octanol–water partition coefficient (Wildman–Crippen LogP) is 5.04. The fraction of sp³-hybridized carbons (Fsp3) is 0.588. The van der Waals surface area contributed by atoms with Gasteiger partial charge in [0.25, 0.3) is 0 Å². The zero-order chi connectivity index (χ0) is 15.2. The maximum atomic E-state index is 10.7. The summed E-state index contributed by atoms with van der Waals surface area (Å²) in [6.07, 6.45) is 3.34. The fourth-order valence-corrected chi connectivity index (χ4v) is 1.45. The third-order valence-corrected chi connectivity index (χ3v) is 2.61. The summed E-state index contributed by atoms with van der Waals surface area (Å²) in [6.45, 7) is 9.25. The van der Waals surface area contributed by atoms with E-state index in [1.165, 1.54) is 11.1 Å². The number of carbonyl (C=O) groups is 1. The summed E-state index contributed by atoms with van der Waals surface area (Å²) in [7, 11) is 0. The average molecular weight is 280 g/mol. The molecule has 0 spiro atoms. The quantitative estimate of drug-likeness (QED) is 0.540. The van der Waals surface area contributed by atoms with E-state index in [1.807, 2.05) is 13.8 Å². The molecule has 0 aliphatic carbocycles. The number of hydrogen-bond acceptors (Lipinski definition) is 3. The van der Waals surface area contributed by atoms with Crippen LogP contribution in [0.15, 0.2) is 24.3 Å². The highest BCUT2D eigenvalue weighted by Crippen LogP contribution is 2.00. The molecular formula is C17H28O3. The van der Waals surface area contributed by atoms with Gasteiger partial charge in [-0.15, -0.1) is 0 Å². The highest BCUT2D eigenvalue weighted by atomic mass is 16.7. The molecule has 0 saturated carbocycles. The molecule has 1 aromatic carbocycles. The van der Waals surface area contributed by atoms with E-state index in [0.29, 0.717) is 13.2 Å². The summed E-state index contributed by atoms with van der Waals surface area (Å²) in [5, 5.41) is 0. The Labute approximate surface area is 123 Å². The minimum atomic E-state index is -0.531. The van der Waals surface area contributed by atoms with Crippen molar-refractivity contribution in [2.24, 2.45) is 0 Å². The smallest absolute Gasteiger partial charge is 0.434 e. The molecule has 20 heavy (non-hydrogen) atoms. The van der Waals surface area contributed by atoms with Gasteiger partial charge >= 0.3 is 6.16 Å². The Balaban J connectivity index is 0.000000388. The lowest BCUT2D eigenvalue weighted by Crippen LogP contribution is -2.09. The van der Waals surface area contributed by atoms with Crippen LogP contribution in [-0.4, -0.2) is 19.4 Å². The van der Waals surface area contributed by atoms with E-state index in [2.05, 4.69) is 38.1 Å².